The van der Waals surface area contributed by atoms with Crippen LogP contribution < -0.4 is 0 Å². The second-order valence-electron chi connectivity index (χ2n) is 9.54. The number of aryl methyl sites for hydroxylation is 1. The van der Waals surface area contributed by atoms with Gasteiger partial charge in [-0.3, -0.25) is 9.59 Å². The number of carbonyl (C=O) groups excluding carboxylic acids is 2. The van der Waals surface area contributed by atoms with Gasteiger partial charge in [-0.15, -0.1) is 0 Å². The molecule has 0 unspecified atom stereocenters. The third-order valence-electron chi connectivity index (χ3n) is 6.85. The van der Waals surface area contributed by atoms with Crippen molar-refractivity contribution >= 4 is 11.8 Å². The number of amides is 2. The second-order valence-corrected chi connectivity index (χ2v) is 9.54. The van der Waals surface area contributed by atoms with E-state index in [0.717, 1.165) is 49.2 Å². The van der Waals surface area contributed by atoms with Crippen molar-refractivity contribution in [2.24, 2.45) is 0 Å². The number of carbonyl (C=O) groups is 2. The molecule has 3 aromatic rings. The lowest BCUT2D eigenvalue weighted by atomic mass is 9.93. The van der Waals surface area contributed by atoms with Crippen LogP contribution in [0.1, 0.15) is 54.8 Å². The van der Waals surface area contributed by atoms with Crippen molar-refractivity contribution in [1.82, 2.24) is 9.80 Å². The molecule has 1 aliphatic rings. The molecule has 0 atom stereocenters. The van der Waals surface area contributed by atoms with E-state index < -0.39 is 0 Å². The third-order valence-corrected chi connectivity index (χ3v) is 6.85. The molecule has 35 heavy (non-hydrogen) atoms. The van der Waals surface area contributed by atoms with Crippen LogP contribution in [0.2, 0.25) is 0 Å². The molecule has 1 aliphatic carbocycles. The number of hydrogen-bond acceptors (Lipinski definition) is 3. The Morgan fingerprint density at radius 3 is 2.11 bits per heavy atom. The molecular weight excluding hydrogens is 436 g/mol. The van der Waals surface area contributed by atoms with Gasteiger partial charge in [0, 0.05) is 12.6 Å². The van der Waals surface area contributed by atoms with Gasteiger partial charge in [-0.1, -0.05) is 79.9 Å². The second kappa shape index (κ2) is 12.4. The van der Waals surface area contributed by atoms with Gasteiger partial charge in [0.1, 0.15) is 18.1 Å². The van der Waals surface area contributed by atoms with Gasteiger partial charge in [-0.05, 0) is 49.4 Å². The van der Waals surface area contributed by atoms with Crippen LogP contribution >= 0.6 is 0 Å². The van der Waals surface area contributed by atoms with E-state index in [9.17, 15) is 9.59 Å². The van der Waals surface area contributed by atoms with Gasteiger partial charge in [0.15, 0.2) is 0 Å². The quantitative estimate of drug-likeness (QED) is 0.388. The van der Waals surface area contributed by atoms with Crippen molar-refractivity contribution in [2.45, 2.75) is 64.5 Å². The zero-order chi connectivity index (χ0) is 24.5. The molecule has 1 saturated carbocycles. The minimum atomic E-state index is -0.0260. The molecule has 5 heteroatoms. The Morgan fingerprint density at radius 1 is 0.829 bits per heavy atom. The highest BCUT2D eigenvalue weighted by Gasteiger charge is 2.29. The van der Waals surface area contributed by atoms with Crippen molar-refractivity contribution in [1.29, 1.82) is 0 Å². The van der Waals surface area contributed by atoms with Crippen LogP contribution in [0.5, 0.6) is 0 Å². The van der Waals surface area contributed by atoms with E-state index in [-0.39, 0.29) is 24.4 Å². The number of furan rings is 1. The Balaban J connectivity index is 1.50. The average molecular weight is 473 g/mol. The lowest BCUT2D eigenvalue weighted by Crippen LogP contribution is -2.49. The normalized spacial score (nSPS) is 14.0. The summed E-state index contributed by atoms with van der Waals surface area (Å²) in [7, 11) is 0. The smallest absolute Gasteiger partial charge is 0.242 e. The SMILES string of the molecule is Cc1ccc(CN(CCc2ccccc2)C(=O)CN(C(=O)Cc2ccccc2)C2CCCCC2)o1. The molecule has 0 aliphatic heterocycles. The summed E-state index contributed by atoms with van der Waals surface area (Å²) in [5.74, 6) is 1.61. The minimum absolute atomic E-state index is 0.0260. The van der Waals surface area contributed by atoms with Crippen LogP contribution in [-0.2, 0) is 29.0 Å². The van der Waals surface area contributed by atoms with Crippen LogP contribution in [-0.4, -0.2) is 40.7 Å². The molecule has 1 heterocycles. The summed E-state index contributed by atoms with van der Waals surface area (Å²) in [4.78, 5) is 30.8. The summed E-state index contributed by atoms with van der Waals surface area (Å²) in [5, 5.41) is 0. The molecule has 0 N–H and O–H groups in total. The predicted molar refractivity (Wildman–Crippen MR) is 138 cm³/mol. The summed E-state index contributed by atoms with van der Waals surface area (Å²) in [6, 6.07) is 24.0. The Labute approximate surface area is 208 Å². The van der Waals surface area contributed by atoms with Gasteiger partial charge in [0.2, 0.25) is 11.8 Å². The van der Waals surface area contributed by atoms with Gasteiger partial charge in [-0.25, -0.2) is 0 Å². The maximum atomic E-state index is 13.7. The zero-order valence-corrected chi connectivity index (χ0v) is 20.7. The van der Waals surface area contributed by atoms with Crippen LogP contribution in [0.3, 0.4) is 0 Å². The highest BCUT2D eigenvalue weighted by atomic mass is 16.3. The lowest BCUT2D eigenvalue weighted by Gasteiger charge is -2.35. The Morgan fingerprint density at radius 2 is 1.49 bits per heavy atom. The van der Waals surface area contributed by atoms with Crippen molar-refractivity contribution in [3.8, 4) is 0 Å². The highest BCUT2D eigenvalue weighted by Crippen LogP contribution is 2.24. The van der Waals surface area contributed by atoms with Crippen LogP contribution in [0.4, 0.5) is 0 Å². The first-order chi connectivity index (χ1) is 17.1. The van der Waals surface area contributed by atoms with Gasteiger partial charge >= 0.3 is 0 Å². The molecule has 2 amide bonds. The first kappa shape index (κ1) is 24.8. The fourth-order valence-electron chi connectivity index (χ4n) is 4.89. The van der Waals surface area contributed by atoms with E-state index in [1.54, 1.807) is 0 Å². The van der Waals surface area contributed by atoms with E-state index in [2.05, 4.69) is 12.1 Å². The molecule has 4 rings (SSSR count). The van der Waals surface area contributed by atoms with E-state index in [1.807, 2.05) is 77.4 Å². The largest absolute Gasteiger partial charge is 0.464 e. The summed E-state index contributed by atoms with van der Waals surface area (Å²) < 4.78 is 5.79. The van der Waals surface area contributed by atoms with Gasteiger partial charge in [0.05, 0.1) is 13.0 Å². The molecule has 0 spiro atoms. The van der Waals surface area contributed by atoms with Gasteiger partial charge in [0.25, 0.3) is 0 Å². The van der Waals surface area contributed by atoms with Crippen molar-refractivity contribution in [2.75, 3.05) is 13.1 Å². The standard InChI is InChI=1S/C30H36N2O3/c1-24-17-18-28(35-24)22-31(20-19-25-11-5-2-6-12-25)30(34)23-32(27-15-9-4-10-16-27)29(33)21-26-13-7-3-8-14-26/h2-3,5-8,11-14,17-18,27H,4,9-10,15-16,19-23H2,1H3. The van der Waals surface area contributed by atoms with E-state index in [0.29, 0.717) is 19.5 Å². The molecule has 1 aromatic heterocycles. The summed E-state index contributed by atoms with van der Waals surface area (Å²) in [6.07, 6.45) is 6.44. The average Bonchev–Trinajstić information content (AvgIpc) is 3.31. The summed E-state index contributed by atoms with van der Waals surface area (Å²) in [6.45, 7) is 3.01. The van der Waals surface area contributed by atoms with Gasteiger partial charge in [-0.2, -0.15) is 0 Å². The Kier molecular flexibility index (Phi) is 8.77. The Hall–Kier alpha value is -3.34. The maximum absolute atomic E-state index is 13.7. The molecule has 1 fully saturated rings. The molecule has 0 bridgehead atoms. The summed E-state index contributed by atoms with van der Waals surface area (Å²) in [5.41, 5.74) is 2.17. The van der Waals surface area contributed by atoms with E-state index >= 15 is 0 Å². The van der Waals surface area contributed by atoms with Crippen molar-refractivity contribution in [3.63, 3.8) is 0 Å². The topological polar surface area (TPSA) is 53.8 Å². The molecule has 0 saturated heterocycles. The van der Waals surface area contributed by atoms with Crippen LogP contribution in [0.25, 0.3) is 0 Å². The monoisotopic (exact) mass is 472 g/mol. The number of nitrogens with zero attached hydrogens (tertiary/aromatic N) is 2. The van der Waals surface area contributed by atoms with Crippen LogP contribution in [0, 0.1) is 6.92 Å². The molecule has 2 aromatic carbocycles. The van der Waals surface area contributed by atoms with Crippen LogP contribution in [0.15, 0.2) is 77.2 Å². The molecule has 5 nitrogen and oxygen atoms in total. The fourth-order valence-corrected chi connectivity index (χ4v) is 4.89. The first-order valence-corrected chi connectivity index (χ1v) is 12.8. The highest BCUT2D eigenvalue weighted by molar-refractivity contribution is 5.86. The van der Waals surface area contributed by atoms with Gasteiger partial charge < -0.3 is 14.2 Å². The number of benzene rings is 2. The first-order valence-electron chi connectivity index (χ1n) is 12.8. The third kappa shape index (κ3) is 7.32. The van der Waals surface area contributed by atoms with E-state index in [1.165, 1.54) is 12.0 Å². The lowest BCUT2D eigenvalue weighted by molar-refractivity contribution is -0.143. The number of rotatable bonds is 10. The molecule has 0 radical (unpaired) electrons. The van der Waals surface area contributed by atoms with Crippen molar-refractivity contribution < 1.29 is 14.0 Å². The Bertz CT molecular complexity index is 1070. The number of hydrogen-bond donors (Lipinski definition) is 0. The predicted octanol–water partition coefficient (Wildman–Crippen LogP) is 5.56. The summed E-state index contributed by atoms with van der Waals surface area (Å²) >= 11 is 0. The minimum Gasteiger partial charge on any atom is -0.464 e. The van der Waals surface area contributed by atoms with Crippen molar-refractivity contribution in [3.05, 3.63) is 95.4 Å². The molecular formula is C30H36N2O3. The molecule has 184 valence electrons. The van der Waals surface area contributed by atoms with E-state index in [4.69, 9.17) is 4.42 Å². The fraction of sp³-hybridized carbons (Fsp3) is 0.400. The maximum Gasteiger partial charge on any atom is 0.242 e. The zero-order valence-electron chi connectivity index (χ0n) is 20.7.